The average molecular weight is 393 g/mol. The molecular formula is C24H25F2N3. The van der Waals surface area contributed by atoms with Crippen LogP contribution in [-0.4, -0.2) is 41.0 Å². The number of halogens is 2. The van der Waals surface area contributed by atoms with Gasteiger partial charge < -0.3 is 0 Å². The Labute approximate surface area is 170 Å². The summed E-state index contributed by atoms with van der Waals surface area (Å²) in [5.74, 6) is -0.496. The third-order valence-electron chi connectivity index (χ3n) is 5.48. The molecule has 1 aromatic heterocycles. The lowest BCUT2D eigenvalue weighted by molar-refractivity contribution is 0.104. The Bertz CT molecular complexity index is 888. The van der Waals surface area contributed by atoms with Gasteiger partial charge >= 0.3 is 0 Å². The Morgan fingerprint density at radius 1 is 0.793 bits per heavy atom. The third kappa shape index (κ3) is 4.86. The van der Waals surface area contributed by atoms with Crippen LogP contribution in [0.1, 0.15) is 28.6 Å². The van der Waals surface area contributed by atoms with E-state index >= 15 is 0 Å². The van der Waals surface area contributed by atoms with Gasteiger partial charge in [-0.25, -0.2) is 8.78 Å². The first-order valence-corrected chi connectivity index (χ1v) is 9.98. The van der Waals surface area contributed by atoms with Crippen molar-refractivity contribution in [2.45, 2.75) is 19.5 Å². The van der Waals surface area contributed by atoms with Gasteiger partial charge in [-0.1, -0.05) is 30.3 Å². The maximum Gasteiger partial charge on any atom is 0.123 e. The van der Waals surface area contributed by atoms with Gasteiger partial charge in [0.25, 0.3) is 0 Å². The van der Waals surface area contributed by atoms with Crippen LogP contribution in [0.25, 0.3) is 0 Å². The second-order valence-electron chi connectivity index (χ2n) is 7.59. The lowest BCUT2D eigenvalue weighted by Crippen LogP contribution is -2.47. The molecule has 0 saturated carbocycles. The molecule has 1 fully saturated rings. The monoisotopic (exact) mass is 393 g/mol. The average Bonchev–Trinajstić information content (AvgIpc) is 2.72. The van der Waals surface area contributed by atoms with Crippen LogP contribution in [0.15, 0.2) is 66.7 Å². The van der Waals surface area contributed by atoms with Crippen LogP contribution in [0, 0.1) is 18.6 Å². The largest absolute Gasteiger partial charge is 0.295 e. The minimum absolute atomic E-state index is 0.0181. The maximum atomic E-state index is 13.5. The minimum atomic E-state index is -0.248. The standard InChI is InChI=1S/C24H25F2N3/c1-18-3-2-4-23(27-18)17-28-13-15-29(16-14-28)24(19-5-9-21(25)10-6-19)20-7-11-22(26)12-8-20/h2-12,24H,13-17H2,1H3. The van der Waals surface area contributed by atoms with Crippen molar-refractivity contribution in [3.63, 3.8) is 0 Å². The molecule has 150 valence electrons. The summed E-state index contributed by atoms with van der Waals surface area (Å²) >= 11 is 0. The molecule has 0 amide bonds. The van der Waals surface area contributed by atoms with Crippen LogP contribution in [0.3, 0.4) is 0 Å². The third-order valence-corrected chi connectivity index (χ3v) is 5.48. The number of benzene rings is 2. The zero-order chi connectivity index (χ0) is 20.2. The lowest BCUT2D eigenvalue weighted by Gasteiger charge is -2.39. The minimum Gasteiger partial charge on any atom is -0.295 e. The number of pyridine rings is 1. The summed E-state index contributed by atoms with van der Waals surface area (Å²) < 4.78 is 26.9. The Balaban J connectivity index is 1.50. The van der Waals surface area contributed by atoms with E-state index in [1.54, 1.807) is 0 Å². The van der Waals surface area contributed by atoms with E-state index in [9.17, 15) is 8.78 Å². The molecule has 1 aliphatic heterocycles. The van der Waals surface area contributed by atoms with E-state index in [1.165, 1.54) is 24.3 Å². The van der Waals surface area contributed by atoms with Gasteiger partial charge in [-0.15, -0.1) is 0 Å². The molecule has 0 aliphatic carbocycles. The van der Waals surface area contributed by atoms with Crippen LogP contribution in [0.2, 0.25) is 0 Å². The van der Waals surface area contributed by atoms with Crippen molar-refractivity contribution in [1.82, 2.24) is 14.8 Å². The van der Waals surface area contributed by atoms with Crippen molar-refractivity contribution >= 4 is 0 Å². The summed E-state index contributed by atoms with van der Waals surface area (Å²) in [6.07, 6.45) is 0. The molecule has 2 aromatic carbocycles. The zero-order valence-corrected chi connectivity index (χ0v) is 16.6. The van der Waals surface area contributed by atoms with Crippen LogP contribution < -0.4 is 0 Å². The fraction of sp³-hybridized carbons (Fsp3) is 0.292. The highest BCUT2D eigenvalue weighted by atomic mass is 19.1. The van der Waals surface area contributed by atoms with Gasteiger partial charge in [0.2, 0.25) is 0 Å². The molecule has 29 heavy (non-hydrogen) atoms. The van der Waals surface area contributed by atoms with Crippen molar-refractivity contribution in [2.24, 2.45) is 0 Å². The first-order chi connectivity index (χ1) is 14.1. The number of aromatic nitrogens is 1. The Morgan fingerprint density at radius 2 is 1.34 bits per heavy atom. The molecule has 0 spiro atoms. The smallest absolute Gasteiger partial charge is 0.123 e. The summed E-state index contributed by atoms with van der Waals surface area (Å²) in [6.45, 7) is 6.46. The van der Waals surface area contributed by atoms with Gasteiger partial charge in [0.05, 0.1) is 11.7 Å². The van der Waals surface area contributed by atoms with Crippen molar-refractivity contribution < 1.29 is 8.78 Å². The molecule has 1 aliphatic rings. The Morgan fingerprint density at radius 3 is 1.86 bits per heavy atom. The first-order valence-electron chi connectivity index (χ1n) is 9.98. The predicted octanol–water partition coefficient (Wildman–Crippen LogP) is 4.58. The van der Waals surface area contributed by atoms with Crippen LogP contribution in [-0.2, 0) is 6.54 Å². The zero-order valence-electron chi connectivity index (χ0n) is 16.6. The van der Waals surface area contributed by atoms with Crippen LogP contribution >= 0.6 is 0 Å². The maximum absolute atomic E-state index is 13.5. The number of hydrogen-bond acceptors (Lipinski definition) is 3. The first kappa shape index (κ1) is 19.7. The molecule has 0 unspecified atom stereocenters. The van der Waals surface area contributed by atoms with Crippen molar-refractivity contribution in [2.75, 3.05) is 26.2 Å². The topological polar surface area (TPSA) is 19.4 Å². The number of nitrogens with zero attached hydrogens (tertiary/aromatic N) is 3. The van der Waals surface area contributed by atoms with Crippen LogP contribution in [0.4, 0.5) is 8.78 Å². The summed E-state index contributed by atoms with van der Waals surface area (Å²) in [5.41, 5.74) is 4.17. The molecule has 2 heterocycles. The van der Waals surface area contributed by atoms with Gasteiger partial charge in [0.1, 0.15) is 11.6 Å². The SMILES string of the molecule is Cc1cccc(CN2CCN(C(c3ccc(F)cc3)c3ccc(F)cc3)CC2)n1. The number of aryl methyl sites for hydroxylation is 1. The lowest BCUT2D eigenvalue weighted by atomic mass is 9.96. The van der Waals surface area contributed by atoms with Crippen molar-refractivity contribution in [3.8, 4) is 0 Å². The highest BCUT2D eigenvalue weighted by Crippen LogP contribution is 2.30. The Kier molecular flexibility index (Phi) is 5.97. The fourth-order valence-electron chi connectivity index (χ4n) is 4.00. The van der Waals surface area contributed by atoms with Gasteiger partial charge in [-0.3, -0.25) is 14.8 Å². The second-order valence-corrected chi connectivity index (χ2v) is 7.59. The molecule has 0 atom stereocenters. The molecule has 4 rings (SSSR count). The van der Waals surface area contributed by atoms with Crippen LogP contribution in [0.5, 0.6) is 0 Å². The second kappa shape index (κ2) is 8.80. The molecule has 5 heteroatoms. The van der Waals surface area contributed by atoms with E-state index in [1.807, 2.05) is 43.3 Å². The highest BCUT2D eigenvalue weighted by Gasteiger charge is 2.26. The Hall–Kier alpha value is -2.63. The fourth-order valence-corrected chi connectivity index (χ4v) is 4.00. The predicted molar refractivity (Wildman–Crippen MR) is 110 cm³/mol. The molecule has 1 saturated heterocycles. The van der Waals surface area contributed by atoms with E-state index in [0.717, 1.165) is 55.2 Å². The quantitative estimate of drug-likeness (QED) is 0.633. The number of piperazine rings is 1. The van der Waals surface area contributed by atoms with E-state index in [-0.39, 0.29) is 17.7 Å². The molecule has 3 aromatic rings. The van der Waals surface area contributed by atoms with Gasteiger partial charge in [-0.2, -0.15) is 0 Å². The van der Waals surface area contributed by atoms with Gasteiger partial charge in [0, 0.05) is 38.4 Å². The molecule has 3 nitrogen and oxygen atoms in total. The summed E-state index contributed by atoms with van der Waals surface area (Å²) in [7, 11) is 0. The van der Waals surface area contributed by atoms with E-state index in [0.29, 0.717) is 0 Å². The number of hydrogen-bond donors (Lipinski definition) is 0. The van der Waals surface area contributed by atoms with Crippen molar-refractivity contribution in [3.05, 3.63) is 101 Å². The highest BCUT2D eigenvalue weighted by molar-refractivity contribution is 5.32. The normalized spacial score (nSPS) is 15.7. The van der Waals surface area contributed by atoms with E-state index in [2.05, 4.69) is 20.9 Å². The molecule has 0 radical (unpaired) electrons. The van der Waals surface area contributed by atoms with E-state index < -0.39 is 0 Å². The molecule has 0 bridgehead atoms. The van der Waals surface area contributed by atoms with E-state index in [4.69, 9.17) is 0 Å². The molecular weight excluding hydrogens is 368 g/mol. The number of rotatable bonds is 5. The van der Waals surface area contributed by atoms with Gasteiger partial charge in [0.15, 0.2) is 0 Å². The molecule has 0 N–H and O–H groups in total. The van der Waals surface area contributed by atoms with Gasteiger partial charge in [-0.05, 0) is 54.4 Å². The van der Waals surface area contributed by atoms with Crippen molar-refractivity contribution in [1.29, 1.82) is 0 Å². The summed E-state index contributed by atoms with van der Waals surface area (Å²) in [4.78, 5) is 9.40. The summed E-state index contributed by atoms with van der Waals surface area (Å²) in [6, 6.07) is 19.4. The summed E-state index contributed by atoms with van der Waals surface area (Å²) in [5, 5.41) is 0.